The van der Waals surface area contributed by atoms with Crippen LogP contribution in [-0.4, -0.2) is 30.4 Å². The molecule has 1 unspecified atom stereocenters. The molecule has 1 amide bonds. The van der Waals surface area contributed by atoms with Gasteiger partial charge in [0.05, 0.1) is 0 Å². The summed E-state index contributed by atoms with van der Waals surface area (Å²) in [5, 5.41) is 0.602. The van der Waals surface area contributed by atoms with E-state index in [1.807, 2.05) is 24.0 Å². The van der Waals surface area contributed by atoms with Gasteiger partial charge in [0.25, 0.3) is 5.91 Å². The molecule has 19 heavy (non-hydrogen) atoms. The minimum Gasteiger partial charge on any atom is -0.338 e. The summed E-state index contributed by atoms with van der Waals surface area (Å²) in [6.07, 6.45) is 0.967. The van der Waals surface area contributed by atoms with Gasteiger partial charge in [0.15, 0.2) is 0 Å². The molecule has 3 nitrogen and oxygen atoms in total. The van der Waals surface area contributed by atoms with E-state index in [1.54, 1.807) is 6.07 Å². The maximum atomic E-state index is 12.5. The molecule has 1 atom stereocenters. The summed E-state index contributed by atoms with van der Waals surface area (Å²) in [6, 6.07) is 5.44. The number of carbonyl (C=O) groups is 1. The maximum Gasteiger partial charge on any atom is 0.254 e. The predicted molar refractivity (Wildman–Crippen MR) is 81.1 cm³/mol. The summed E-state index contributed by atoms with van der Waals surface area (Å²) in [5.41, 5.74) is 7.48. The zero-order valence-electron chi connectivity index (χ0n) is 11.3. The number of hydrogen-bond acceptors (Lipinski definition) is 2. The van der Waals surface area contributed by atoms with Crippen molar-refractivity contribution in [3.8, 4) is 0 Å². The lowest BCUT2D eigenvalue weighted by Gasteiger charge is -2.23. The van der Waals surface area contributed by atoms with E-state index in [0.717, 1.165) is 25.1 Å². The molecule has 0 spiro atoms. The van der Waals surface area contributed by atoms with Crippen LogP contribution in [0.5, 0.6) is 0 Å². The van der Waals surface area contributed by atoms with Crippen LogP contribution in [0.3, 0.4) is 0 Å². The average Bonchev–Trinajstić information content (AvgIpc) is 2.75. The molecule has 1 aromatic rings. The van der Waals surface area contributed by atoms with Crippen LogP contribution in [0, 0.1) is 12.3 Å². The summed E-state index contributed by atoms with van der Waals surface area (Å²) in [6.45, 7) is 6.19. The molecular formula is C14H20Cl2N2O. The third-order valence-corrected chi connectivity index (χ3v) is 4.00. The number of likely N-dealkylation sites (tertiary alicyclic amines) is 1. The lowest BCUT2D eigenvalue weighted by molar-refractivity contribution is 0.0776. The first-order valence-electron chi connectivity index (χ1n) is 6.21. The summed E-state index contributed by atoms with van der Waals surface area (Å²) in [4.78, 5) is 14.3. The fourth-order valence-electron chi connectivity index (χ4n) is 2.36. The highest BCUT2D eigenvalue weighted by atomic mass is 35.5. The zero-order chi connectivity index (χ0) is 13.3. The topological polar surface area (TPSA) is 46.3 Å². The number of nitrogens with two attached hydrogens (primary N) is 1. The fourth-order valence-corrected chi connectivity index (χ4v) is 2.53. The Morgan fingerprint density at radius 1 is 1.53 bits per heavy atom. The third kappa shape index (κ3) is 3.41. The lowest BCUT2D eigenvalue weighted by Crippen LogP contribution is -2.34. The number of halogens is 2. The molecule has 2 rings (SSSR count). The maximum absolute atomic E-state index is 12.5. The SMILES string of the molecule is Cc1ccc(Cl)cc1C(=O)N1CCC(C)(CN)C1.Cl. The third-order valence-electron chi connectivity index (χ3n) is 3.77. The van der Waals surface area contributed by atoms with Crippen LogP contribution in [0.4, 0.5) is 0 Å². The number of hydrogen-bond donors (Lipinski definition) is 1. The van der Waals surface area contributed by atoms with Crippen LogP contribution in [-0.2, 0) is 0 Å². The van der Waals surface area contributed by atoms with Crippen molar-refractivity contribution in [2.45, 2.75) is 20.3 Å². The highest BCUT2D eigenvalue weighted by molar-refractivity contribution is 6.31. The van der Waals surface area contributed by atoms with Gasteiger partial charge in [-0.3, -0.25) is 4.79 Å². The number of nitrogens with zero attached hydrogens (tertiary/aromatic N) is 1. The van der Waals surface area contributed by atoms with Gasteiger partial charge in [-0.1, -0.05) is 24.6 Å². The number of benzene rings is 1. The van der Waals surface area contributed by atoms with Crippen LogP contribution in [0.15, 0.2) is 18.2 Å². The average molecular weight is 303 g/mol. The number of amides is 1. The largest absolute Gasteiger partial charge is 0.338 e. The molecule has 106 valence electrons. The Hall–Kier alpha value is -0.770. The van der Waals surface area contributed by atoms with Gasteiger partial charge in [0.2, 0.25) is 0 Å². The van der Waals surface area contributed by atoms with Gasteiger partial charge >= 0.3 is 0 Å². The molecule has 0 aliphatic carbocycles. The van der Waals surface area contributed by atoms with Crippen LogP contribution in [0.2, 0.25) is 5.02 Å². The smallest absolute Gasteiger partial charge is 0.254 e. The van der Waals surface area contributed by atoms with Gasteiger partial charge in [-0.05, 0) is 43.0 Å². The molecule has 0 aromatic heterocycles. The first-order valence-corrected chi connectivity index (χ1v) is 6.58. The van der Waals surface area contributed by atoms with Gasteiger partial charge < -0.3 is 10.6 Å². The highest BCUT2D eigenvalue weighted by Gasteiger charge is 2.35. The quantitative estimate of drug-likeness (QED) is 0.913. The second-order valence-electron chi connectivity index (χ2n) is 5.45. The van der Waals surface area contributed by atoms with Crippen molar-refractivity contribution in [3.05, 3.63) is 34.3 Å². The Morgan fingerprint density at radius 2 is 2.21 bits per heavy atom. The molecule has 0 bridgehead atoms. The molecule has 5 heteroatoms. The summed E-state index contributed by atoms with van der Waals surface area (Å²) in [5.74, 6) is 0.0622. The Morgan fingerprint density at radius 3 is 2.79 bits per heavy atom. The van der Waals surface area contributed by atoms with Crippen molar-refractivity contribution in [2.75, 3.05) is 19.6 Å². The summed E-state index contributed by atoms with van der Waals surface area (Å²) in [7, 11) is 0. The monoisotopic (exact) mass is 302 g/mol. The first-order chi connectivity index (χ1) is 8.45. The Labute approximate surface area is 125 Å². The van der Waals surface area contributed by atoms with E-state index in [-0.39, 0.29) is 23.7 Å². The summed E-state index contributed by atoms with van der Waals surface area (Å²) >= 11 is 5.96. The van der Waals surface area contributed by atoms with Gasteiger partial charge in [0, 0.05) is 23.7 Å². The van der Waals surface area contributed by atoms with E-state index in [2.05, 4.69) is 6.92 Å². The van der Waals surface area contributed by atoms with Crippen molar-refractivity contribution in [2.24, 2.45) is 11.1 Å². The van der Waals surface area contributed by atoms with Crippen LogP contribution in [0.25, 0.3) is 0 Å². The van der Waals surface area contributed by atoms with Crippen molar-refractivity contribution in [1.29, 1.82) is 0 Å². The first kappa shape index (κ1) is 16.3. The molecule has 2 N–H and O–H groups in total. The molecule has 1 aromatic carbocycles. The molecule has 1 heterocycles. The van der Waals surface area contributed by atoms with Gasteiger partial charge in [-0.25, -0.2) is 0 Å². The Balaban J connectivity index is 0.00000180. The van der Waals surface area contributed by atoms with Crippen LogP contribution < -0.4 is 5.73 Å². The molecule has 1 aliphatic heterocycles. The van der Waals surface area contributed by atoms with E-state index in [1.165, 1.54) is 0 Å². The fraction of sp³-hybridized carbons (Fsp3) is 0.500. The molecular weight excluding hydrogens is 283 g/mol. The van der Waals surface area contributed by atoms with Crippen LogP contribution >= 0.6 is 24.0 Å². The Kier molecular flexibility index (Phi) is 5.25. The number of rotatable bonds is 2. The van der Waals surface area contributed by atoms with Crippen molar-refractivity contribution >= 4 is 29.9 Å². The molecule has 1 saturated heterocycles. The molecule has 1 aliphatic rings. The standard InChI is InChI=1S/C14H19ClN2O.ClH/c1-10-3-4-11(15)7-12(10)13(18)17-6-5-14(2,8-16)9-17;/h3-4,7H,5-6,8-9,16H2,1-2H3;1H. The van der Waals surface area contributed by atoms with E-state index >= 15 is 0 Å². The predicted octanol–water partition coefficient (Wildman–Crippen LogP) is 2.88. The molecule has 0 saturated carbocycles. The van der Waals surface area contributed by atoms with E-state index in [9.17, 15) is 4.79 Å². The summed E-state index contributed by atoms with van der Waals surface area (Å²) < 4.78 is 0. The lowest BCUT2D eigenvalue weighted by atomic mass is 9.90. The van der Waals surface area contributed by atoms with Crippen molar-refractivity contribution in [1.82, 2.24) is 4.90 Å². The van der Waals surface area contributed by atoms with Gasteiger partial charge in [-0.15, -0.1) is 12.4 Å². The number of aryl methyl sites for hydroxylation is 1. The van der Waals surface area contributed by atoms with Gasteiger partial charge in [-0.2, -0.15) is 0 Å². The minimum absolute atomic E-state index is 0. The van der Waals surface area contributed by atoms with Crippen LogP contribution in [0.1, 0.15) is 29.3 Å². The van der Waals surface area contributed by atoms with Crippen molar-refractivity contribution < 1.29 is 4.79 Å². The second kappa shape index (κ2) is 6.12. The van der Waals surface area contributed by atoms with E-state index < -0.39 is 0 Å². The molecule has 1 fully saturated rings. The van der Waals surface area contributed by atoms with Crippen molar-refractivity contribution in [3.63, 3.8) is 0 Å². The second-order valence-corrected chi connectivity index (χ2v) is 5.89. The highest BCUT2D eigenvalue weighted by Crippen LogP contribution is 2.30. The van der Waals surface area contributed by atoms with E-state index in [0.29, 0.717) is 17.1 Å². The number of carbonyl (C=O) groups excluding carboxylic acids is 1. The molecule has 0 radical (unpaired) electrons. The zero-order valence-corrected chi connectivity index (χ0v) is 12.9. The minimum atomic E-state index is 0. The van der Waals surface area contributed by atoms with E-state index in [4.69, 9.17) is 17.3 Å². The normalized spacial score (nSPS) is 22.2. The van der Waals surface area contributed by atoms with Gasteiger partial charge in [0.1, 0.15) is 0 Å². The Bertz CT molecular complexity index is 479.